The van der Waals surface area contributed by atoms with Gasteiger partial charge in [0, 0.05) is 5.56 Å². The van der Waals surface area contributed by atoms with Crippen molar-refractivity contribution in [2.24, 2.45) is 0 Å². The van der Waals surface area contributed by atoms with Crippen molar-refractivity contribution in [3.05, 3.63) is 75.1 Å². The van der Waals surface area contributed by atoms with Crippen LogP contribution in [-0.4, -0.2) is 11.2 Å². The molecular formula is C20H21NO4. The second kappa shape index (κ2) is 7.83. The number of unbranched alkanes of at least 4 members (excludes halogenated alkanes) is 2. The normalized spacial score (nSPS) is 10.9. The second-order valence-corrected chi connectivity index (χ2v) is 5.92. The molecule has 0 saturated heterocycles. The summed E-state index contributed by atoms with van der Waals surface area (Å²) in [4.78, 5) is 24.1. The first-order valence-electron chi connectivity index (χ1n) is 8.54. The van der Waals surface area contributed by atoms with E-state index in [1.807, 2.05) is 24.3 Å². The Bertz CT molecular complexity index is 971. The van der Waals surface area contributed by atoms with Crippen molar-refractivity contribution in [2.45, 2.75) is 32.7 Å². The molecule has 2 aromatic carbocycles. The Morgan fingerprint density at radius 1 is 1.00 bits per heavy atom. The molecule has 0 fully saturated rings. The maximum absolute atomic E-state index is 12.2. The van der Waals surface area contributed by atoms with Gasteiger partial charge in [-0.3, -0.25) is 4.57 Å². The van der Waals surface area contributed by atoms with Gasteiger partial charge in [0.05, 0.1) is 24.1 Å². The van der Waals surface area contributed by atoms with Crippen LogP contribution in [0.2, 0.25) is 0 Å². The SMILES string of the molecule is CCCCCOc1ccccc1Cn1c(=O)oc(=O)c2ccccc21. The van der Waals surface area contributed by atoms with Crippen LogP contribution in [0.5, 0.6) is 5.75 Å². The number of aromatic nitrogens is 1. The highest BCUT2D eigenvalue weighted by molar-refractivity contribution is 5.77. The minimum absolute atomic E-state index is 0.285. The molecule has 0 spiro atoms. The van der Waals surface area contributed by atoms with E-state index in [9.17, 15) is 9.59 Å². The van der Waals surface area contributed by atoms with Gasteiger partial charge in [-0.15, -0.1) is 0 Å². The Labute approximate surface area is 145 Å². The molecule has 3 aromatic rings. The standard InChI is InChI=1S/C20H21NO4/c1-2-3-8-13-24-18-12-7-4-9-15(18)14-21-17-11-6-5-10-16(17)19(22)25-20(21)23/h4-7,9-12H,2-3,8,13-14H2,1H3. The van der Waals surface area contributed by atoms with Gasteiger partial charge in [-0.2, -0.15) is 0 Å². The summed E-state index contributed by atoms with van der Waals surface area (Å²) in [5.74, 6) is 0.0882. The Hall–Kier alpha value is -2.82. The first kappa shape index (κ1) is 17.0. The topological polar surface area (TPSA) is 61.4 Å². The van der Waals surface area contributed by atoms with E-state index in [0.29, 0.717) is 17.5 Å². The third-order valence-corrected chi connectivity index (χ3v) is 4.12. The minimum Gasteiger partial charge on any atom is -0.493 e. The van der Waals surface area contributed by atoms with Crippen LogP contribution in [0.1, 0.15) is 31.7 Å². The fourth-order valence-corrected chi connectivity index (χ4v) is 2.80. The first-order chi connectivity index (χ1) is 12.2. The lowest BCUT2D eigenvalue weighted by molar-refractivity contribution is 0.302. The van der Waals surface area contributed by atoms with Crippen LogP contribution in [-0.2, 0) is 6.54 Å². The number of fused-ring (bicyclic) bond motifs is 1. The van der Waals surface area contributed by atoms with Crippen molar-refractivity contribution in [1.82, 2.24) is 4.57 Å². The van der Waals surface area contributed by atoms with Crippen molar-refractivity contribution in [3.63, 3.8) is 0 Å². The number of hydrogen-bond donors (Lipinski definition) is 0. The van der Waals surface area contributed by atoms with Gasteiger partial charge in [0.1, 0.15) is 5.75 Å². The van der Waals surface area contributed by atoms with Crippen LogP contribution in [0.15, 0.2) is 62.5 Å². The van der Waals surface area contributed by atoms with Crippen molar-refractivity contribution in [2.75, 3.05) is 6.61 Å². The molecule has 3 rings (SSSR count). The monoisotopic (exact) mass is 339 g/mol. The van der Waals surface area contributed by atoms with Crippen LogP contribution in [0.3, 0.4) is 0 Å². The number of benzene rings is 2. The lowest BCUT2D eigenvalue weighted by Crippen LogP contribution is -2.25. The fraction of sp³-hybridized carbons (Fsp3) is 0.300. The maximum Gasteiger partial charge on any atom is 0.422 e. The number of ether oxygens (including phenoxy) is 1. The van der Waals surface area contributed by atoms with Gasteiger partial charge in [0.2, 0.25) is 0 Å². The summed E-state index contributed by atoms with van der Waals surface area (Å²) in [6.07, 6.45) is 3.25. The highest BCUT2D eigenvalue weighted by Crippen LogP contribution is 2.20. The van der Waals surface area contributed by atoms with E-state index in [2.05, 4.69) is 6.92 Å². The van der Waals surface area contributed by atoms with Crippen LogP contribution in [0, 0.1) is 0 Å². The summed E-state index contributed by atoms with van der Waals surface area (Å²) in [5.41, 5.74) is 0.825. The zero-order valence-electron chi connectivity index (χ0n) is 14.2. The van der Waals surface area contributed by atoms with Gasteiger partial charge in [-0.05, 0) is 24.6 Å². The van der Waals surface area contributed by atoms with Crippen molar-refractivity contribution < 1.29 is 9.15 Å². The molecule has 0 saturated carbocycles. The highest BCUT2D eigenvalue weighted by atomic mass is 16.5. The molecule has 1 aromatic heterocycles. The Morgan fingerprint density at radius 2 is 1.76 bits per heavy atom. The van der Waals surface area contributed by atoms with Gasteiger partial charge >= 0.3 is 11.4 Å². The first-order valence-corrected chi connectivity index (χ1v) is 8.54. The van der Waals surface area contributed by atoms with Crippen LogP contribution >= 0.6 is 0 Å². The van der Waals surface area contributed by atoms with Crippen molar-refractivity contribution in [1.29, 1.82) is 0 Å². The molecule has 0 aliphatic heterocycles. The summed E-state index contributed by atoms with van der Waals surface area (Å²) in [7, 11) is 0. The van der Waals surface area contributed by atoms with Crippen molar-refractivity contribution >= 4 is 10.9 Å². The third-order valence-electron chi connectivity index (χ3n) is 4.12. The molecule has 0 amide bonds. The molecule has 0 aliphatic rings. The molecule has 25 heavy (non-hydrogen) atoms. The lowest BCUT2D eigenvalue weighted by atomic mass is 10.2. The third kappa shape index (κ3) is 3.82. The fourth-order valence-electron chi connectivity index (χ4n) is 2.80. The predicted molar refractivity (Wildman–Crippen MR) is 97.3 cm³/mol. The Kier molecular flexibility index (Phi) is 5.33. The molecule has 0 N–H and O–H groups in total. The van der Waals surface area contributed by atoms with Crippen LogP contribution in [0.25, 0.3) is 10.9 Å². The molecule has 5 heteroatoms. The molecule has 0 atom stereocenters. The predicted octanol–water partition coefficient (Wildman–Crippen LogP) is 3.57. The minimum atomic E-state index is -0.663. The second-order valence-electron chi connectivity index (χ2n) is 5.92. The van der Waals surface area contributed by atoms with E-state index in [1.54, 1.807) is 24.3 Å². The average molecular weight is 339 g/mol. The molecule has 5 nitrogen and oxygen atoms in total. The Balaban J connectivity index is 1.95. The molecule has 0 radical (unpaired) electrons. The quantitative estimate of drug-likeness (QED) is 0.617. The zero-order chi connectivity index (χ0) is 17.6. The summed E-state index contributed by atoms with van der Waals surface area (Å²) < 4.78 is 12.2. The molecule has 0 unspecified atom stereocenters. The van der Waals surface area contributed by atoms with E-state index < -0.39 is 11.4 Å². The number of rotatable bonds is 7. The van der Waals surface area contributed by atoms with Crippen LogP contribution in [0.4, 0.5) is 0 Å². The maximum atomic E-state index is 12.2. The summed E-state index contributed by atoms with van der Waals surface area (Å²) in [6.45, 7) is 3.08. The molecule has 0 bridgehead atoms. The van der Waals surface area contributed by atoms with Crippen LogP contribution < -0.4 is 16.1 Å². The summed E-state index contributed by atoms with van der Waals surface area (Å²) >= 11 is 0. The number of para-hydroxylation sites is 2. The van der Waals surface area contributed by atoms with Gasteiger partial charge in [0.15, 0.2) is 0 Å². The summed E-state index contributed by atoms with van der Waals surface area (Å²) in [6, 6.07) is 14.6. The smallest absolute Gasteiger partial charge is 0.422 e. The molecule has 1 heterocycles. The highest BCUT2D eigenvalue weighted by Gasteiger charge is 2.11. The summed E-state index contributed by atoms with van der Waals surface area (Å²) in [5, 5.41) is 0.392. The zero-order valence-corrected chi connectivity index (χ0v) is 14.2. The largest absolute Gasteiger partial charge is 0.493 e. The van der Waals surface area contributed by atoms with E-state index in [-0.39, 0.29) is 6.54 Å². The van der Waals surface area contributed by atoms with Gasteiger partial charge in [-0.1, -0.05) is 50.1 Å². The van der Waals surface area contributed by atoms with E-state index in [1.165, 1.54) is 4.57 Å². The van der Waals surface area contributed by atoms with Gasteiger partial charge < -0.3 is 9.15 Å². The average Bonchev–Trinajstić information content (AvgIpc) is 2.63. The Morgan fingerprint density at radius 3 is 2.60 bits per heavy atom. The number of hydrogen-bond acceptors (Lipinski definition) is 4. The van der Waals surface area contributed by atoms with E-state index >= 15 is 0 Å². The van der Waals surface area contributed by atoms with E-state index in [4.69, 9.17) is 9.15 Å². The molecular weight excluding hydrogens is 318 g/mol. The van der Waals surface area contributed by atoms with Crippen molar-refractivity contribution in [3.8, 4) is 5.75 Å². The molecule has 0 aliphatic carbocycles. The number of nitrogens with zero attached hydrogens (tertiary/aromatic N) is 1. The molecule has 130 valence electrons. The van der Waals surface area contributed by atoms with Gasteiger partial charge in [0.25, 0.3) is 0 Å². The lowest BCUT2D eigenvalue weighted by Gasteiger charge is -2.13. The van der Waals surface area contributed by atoms with E-state index in [0.717, 1.165) is 30.6 Å². The van der Waals surface area contributed by atoms with Gasteiger partial charge in [-0.25, -0.2) is 9.59 Å².